The molecule has 0 spiro atoms. The van der Waals surface area contributed by atoms with Gasteiger partial charge in [0.05, 0.1) is 0 Å². The van der Waals surface area contributed by atoms with Crippen LogP contribution < -0.4 is 4.90 Å². The first-order valence-electron chi connectivity index (χ1n) is 19.2. The van der Waals surface area contributed by atoms with Gasteiger partial charge in [0.1, 0.15) is 11.2 Å². The molecule has 0 saturated heterocycles. The van der Waals surface area contributed by atoms with Crippen molar-refractivity contribution in [3.8, 4) is 33.4 Å². The minimum absolute atomic E-state index is 0.894. The molecule has 2 nitrogen and oxygen atoms in total. The van der Waals surface area contributed by atoms with Crippen molar-refractivity contribution in [1.82, 2.24) is 0 Å². The van der Waals surface area contributed by atoms with Gasteiger partial charge in [-0.2, -0.15) is 0 Å². The highest BCUT2D eigenvalue weighted by Gasteiger charge is 2.19. The van der Waals surface area contributed by atoms with Crippen molar-refractivity contribution in [1.29, 1.82) is 0 Å². The average Bonchev–Trinajstić information content (AvgIpc) is 3.66. The van der Waals surface area contributed by atoms with Crippen molar-refractivity contribution in [2.45, 2.75) is 0 Å². The molecule has 1 heterocycles. The monoisotopic (exact) mass is 713 g/mol. The van der Waals surface area contributed by atoms with Crippen LogP contribution in [0.25, 0.3) is 87.6 Å². The summed E-state index contributed by atoms with van der Waals surface area (Å²) in [6, 6.07) is 76.7. The van der Waals surface area contributed by atoms with E-state index in [4.69, 9.17) is 4.42 Å². The summed E-state index contributed by atoms with van der Waals surface area (Å²) in [6.07, 6.45) is 0. The van der Waals surface area contributed by atoms with Gasteiger partial charge in [0, 0.05) is 33.4 Å². The number of nitrogens with zero attached hydrogens (tertiary/aromatic N) is 1. The highest BCUT2D eigenvalue weighted by Crippen LogP contribution is 2.44. The van der Waals surface area contributed by atoms with E-state index in [-0.39, 0.29) is 0 Å². The number of hydrogen-bond acceptors (Lipinski definition) is 2. The summed E-state index contributed by atoms with van der Waals surface area (Å²) in [6.45, 7) is 0. The fourth-order valence-corrected chi connectivity index (χ4v) is 8.42. The van der Waals surface area contributed by atoms with Crippen LogP contribution in [-0.2, 0) is 0 Å². The van der Waals surface area contributed by atoms with Crippen LogP contribution in [0.5, 0.6) is 0 Å². The van der Waals surface area contributed by atoms with Crippen molar-refractivity contribution >= 4 is 71.3 Å². The van der Waals surface area contributed by atoms with E-state index in [1.54, 1.807) is 0 Å². The van der Waals surface area contributed by atoms with E-state index in [1.807, 2.05) is 6.07 Å². The Balaban J connectivity index is 1.14. The third-order valence-electron chi connectivity index (χ3n) is 11.2. The number of furan rings is 1. The summed E-state index contributed by atoms with van der Waals surface area (Å²) < 4.78 is 6.61. The first-order valence-corrected chi connectivity index (χ1v) is 19.2. The molecule has 0 bridgehead atoms. The molecule has 0 aliphatic rings. The number of rotatable bonds is 6. The quantitative estimate of drug-likeness (QED) is 0.160. The standard InChI is InChI=1S/C54H35NO/c1-2-11-36(12-3-1)43-32-44(49-18-10-19-51-50-17-8-9-20-53(50)56-54(49)51)34-47(33-43)55(46-30-27-40-23-22-39-14-6-7-16-48(39)52(40)35-46)45-28-25-38(26-29-45)42-24-21-37-13-4-5-15-41(37)31-42/h1-35H. The molecule has 0 saturated carbocycles. The summed E-state index contributed by atoms with van der Waals surface area (Å²) in [7, 11) is 0. The summed E-state index contributed by atoms with van der Waals surface area (Å²) in [5.74, 6) is 0. The Morgan fingerprint density at radius 2 is 0.893 bits per heavy atom. The first-order chi connectivity index (χ1) is 27.7. The van der Waals surface area contributed by atoms with Gasteiger partial charge < -0.3 is 9.32 Å². The number of hydrogen-bond donors (Lipinski definition) is 0. The molecule has 0 aliphatic carbocycles. The summed E-state index contributed by atoms with van der Waals surface area (Å²) in [5.41, 5.74) is 11.8. The van der Waals surface area contributed by atoms with Crippen molar-refractivity contribution in [3.63, 3.8) is 0 Å². The molecule has 11 aromatic rings. The maximum absolute atomic E-state index is 6.61. The summed E-state index contributed by atoms with van der Waals surface area (Å²) in [4.78, 5) is 2.40. The van der Waals surface area contributed by atoms with Gasteiger partial charge in [0.15, 0.2) is 0 Å². The van der Waals surface area contributed by atoms with E-state index >= 15 is 0 Å². The van der Waals surface area contributed by atoms with E-state index < -0.39 is 0 Å². The smallest absolute Gasteiger partial charge is 0.143 e. The van der Waals surface area contributed by atoms with Gasteiger partial charge in [-0.05, 0) is 115 Å². The van der Waals surface area contributed by atoms with Crippen LogP contribution in [0.15, 0.2) is 217 Å². The number of para-hydroxylation sites is 2. The highest BCUT2D eigenvalue weighted by atomic mass is 16.3. The van der Waals surface area contributed by atoms with Crippen LogP contribution in [0.3, 0.4) is 0 Å². The lowest BCUT2D eigenvalue weighted by Crippen LogP contribution is -2.10. The Labute approximate surface area is 325 Å². The van der Waals surface area contributed by atoms with Crippen LogP contribution in [0.1, 0.15) is 0 Å². The molecule has 11 rings (SSSR count). The fraction of sp³-hybridized carbons (Fsp3) is 0. The van der Waals surface area contributed by atoms with Crippen LogP contribution in [-0.4, -0.2) is 0 Å². The zero-order valence-corrected chi connectivity index (χ0v) is 30.6. The van der Waals surface area contributed by atoms with Gasteiger partial charge >= 0.3 is 0 Å². The Morgan fingerprint density at radius 1 is 0.286 bits per heavy atom. The van der Waals surface area contributed by atoms with Crippen molar-refractivity contribution < 1.29 is 4.42 Å². The second kappa shape index (κ2) is 13.2. The van der Waals surface area contributed by atoms with Crippen LogP contribution >= 0.6 is 0 Å². The Kier molecular flexibility index (Phi) is 7.53. The van der Waals surface area contributed by atoms with Crippen molar-refractivity contribution in [3.05, 3.63) is 212 Å². The lowest BCUT2D eigenvalue weighted by Gasteiger charge is -2.27. The maximum Gasteiger partial charge on any atom is 0.143 e. The molecule has 0 unspecified atom stereocenters. The molecular formula is C54H35NO. The molecule has 0 N–H and O–H groups in total. The Morgan fingerprint density at radius 3 is 1.75 bits per heavy atom. The summed E-state index contributed by atoms with van der Waals surface area (Å²) in [5, 5.41) is 9.65. The Hall–Kier alpha value is -7.42. The van der Waals surface area contributed by atoms with Crippen LogP contribution in [0, 0.1) is 0 Å². The maximum atomic E-state index is 6.61. The first kappa shape index (κ1) is 32.0. The van der Waals surface area contributed by atoms with Gasteiger partial charge in [0.2, 0.25) is 0 Å². The molecule has 2 heteroatoms. The number of fused-ring (bicyclic) bond motifs is 7. The molecule has 0 atom stereocenters. The van der Waals surface area contributed by atoms with Crippen LogP contribution in [0.2, 0.25) is 0 Å². The molecule has 1 aromatic heterocycles. The lowest BCUT2D eigenvalue weighted by atomic mass is 9.95. The number of anilines is 3. The minimum atomic E-state index is 0.894. The molecule has 0 amide bonds. The van der Waals surface area contributed by atoms with Gasteiger partial charge in [-0.1, -0.05) is 158 Å². The van der Waals surface area contributed by atoms with Crippen LogP contribution in [0.4, 0.5) is 17.1 Å². The van der Waals surface area contributed by atoms with Gasteiger partial charge in [-0.25, -0.2) is 0 Å². The zero-order chi connectivity index (χ0) is 37.0. The average molecular weight is 714 g/mol. The SMILES string of the molecule is c1ccc(-c2cc(-c3cccc4c3oc3ccccc34)cc(N(c3ccc(-c4ccc5ccccc5c4)cc3)c3ccc4ccc5ccccc5c4c3)c2)cc1. The van der Waals surface area contributed by atoms with Crippen molar-refractivity contribution in [2.75, 3.05) is 4.90 Å². The molecule has 262 valence electrons. The molecule has 0 fully saturated rings. The third kappa shape index (κ3) is 5.51. The molecular weight excluding hydrogens is 679 g/mol. The number of benzene rings is 10. The van der Waals surface area contributed by atoms with Gasteiger partial charge in [-0.15, -0.1) is 0 Å². The Bertz CT molecular complexity index is 3250. The zero-order valence-electron chi connectivity index (χ0n) is 30.6. The van der Waals surface area contributed by atoms with E-state index in [0.29, 0.717) is 0 Å². The van der Waals surface area contributed by atoms with E-state index in [0.717, 1.165) is 61.3 Å². The minimum Gasteiger partial charge on any atom is -0.455 e. The van der Waals surface area contributed by atoms with E-state index in [2.05, 4.69) is 211 Å². The van der Waals surface area contributed by atoms with Gasteiger partial charge in [-0.3, -0.25) is 0 Å². The molecule has 0 aliphatic heterocycles. The third-order valence-corrected chi connectivity index (χ3v) is 11.2. The molecule has 0 radical (unpaired) electrons. The predicted molar refractivity (Wildman–Crippen MR) is 237 cm³/mol. The normalized spacial score (nSPS) is 11.6. The van der Waals surface area contributed by atoms with Crippen molar-refractivity contribution in [2.24, 2.45) is 0 Å². The second-order valence-corrected chi connectivity index (χ2v) is 14.6. The predicted octanol–water partition coefficient (Wildman–Crippen LogP) is 15.5. The topological polar surface area (TPSA) is 16.4 Å². The van der Waals surface area contributed by atoms with E-state index in [9.17, 15) is 0 Å². The lowest BCUT2D eigenvalue weighted by molar-refractivity contribution is 0.670. The summed E-state index contributed by atoms with van der Waals surface area (Å²) >= 11 is 0. The highest BCUT2D eigenvalue weighted by molar-refractivity contribution is 6.11. The van der Waals surface area contributed by atoms with Gasteiger partial charge in [0.25, 0.3) is 0 Å². The largest absolute Gasteiger partial charge is 0.455 e. The fourth-order valence-electron chi connectivity index (χ4n) is 8.42. The van der Waals surface area contributed by atoms with E-state index in [1.165, 1.54) is 43.4 Å². The molecule has 10 aromatic carbocycles. The second-order valence-electron chi connectivity index (χ2n) is 14.6. The molecule has 56 heavy (non-hydrogen) atoms.